The Morgan fingerprint density at radius 1 is 0.661 bits per heavy atom. The zero-order valence-electron chi connectivity index (χ0n) is 34.2. The molecule has 14 heteroatoms. The molecule has 3 heterocycles. The molecule has 8 rings (SSSR count). The molecular formula is C42H70O14. The van der Waals surface area contributed by atoms with Crippen LogP contribution in [0.2, 0.25) is 0 Å². The van der Waals surface area contributed by atoms with Crippen molar-refractivity contribution in [3.63, 3.8) is 0 Å². The van der Waals surface area contributed by atoms with Crippen molar-refractivity contribution in [2.24, 2.45) is 50.7 Å². The van der Waals surface area contributed by atoms with Gasteiger partial charge >= 0.3 is 0 Å². The molecule has 2 unspecified atom stereocenters. The van der Waals surface area contributed by atoms with Crippen LogP contribution in [0.1, 0.15) is 106 Å². The van der Waals surface area contributed by atoms with E-state index in [1.807, 2.05) is 13.8 Å². The van der Waals surface area contributed by atoms with Crippen LogP contribution in [0.25, 0.3) is 0 Å². The summed E-state index contributed by atoms with van der Waals surface area (Å²) in [6.07, 6.45) is -7.91. The van der Waals surface area contributed by atoms with Gasteiger partial charge in [-0.15, -0.1) is 0 Å². The maximum Gasteiger partial charge on any atom is 0.187 e. The van der Waals surface area contributed by atoms with Gasteiger partial charge in [0.25, 0.3) is 0 Å². The summed E-state index contributed by atoms with van der Waals surface area (Å²) >= 11 is 0. The predicted molar refractivity (Wildman–Crippen MR) is 198 cm³/mol. The van der Waals surface area contributed by atoms with Crippen molar-refractivity contribution in [3.8, 4) is 0 Å². The zero-order chi connectivity index (χ0) is 40.7. The normalized spacial score (nSPS) is 57.8. The molecule has 8 aliphatic rings. The van der Waals surface area contributed by atoms with Crippen molar-refractivity contribution in [1.29, 1.82) is 0 Å². The first-order valence-electron chi connectivity index (χ1n) is 21.4. The second-order valence-corrected chi connectivity index (χ2v) is 21.2. The molecule has 56 heavy (non-hydrogen) atoms. The highest BCUT2D eigenvalue weighted by atomic mass is 16.7. The highest BCUT2D eigenvalue weighted by Crippen LogP contribution is 2.89. The summed E-state index contributed by atoms with van der Waals surface area (Å²) in [5, 5.41) is 96.4. The molecule has 3 aliphatic heterocycles. The van der Waals surface area contributed by atoms with Crippen LogP contribution < -0.4 is 0 Å². The molecular weight excluding hydrogens is 728 g/mol. The monoisotopic (exact) mass is 798 g/mol. The molecule has 22 atom stereocenters. The maximum absolute atomic E-state index is 12.0. The van der Waals surface area contributed by atoms with E-state index in [0.29, 0.717) is 18.3 Å². The number of aliphatic hydroxyl groups is 9. The van der Waals surface area contributed by atoms with Crippen LogP contribution in [0.5, 0.6) is 0 Å². The Balaban J connectivity index is 0.982. The zero-order valence-corrected chi connectivity index (χ0v) is 34.2. The first kappa shape index (κ1) is 42.1. The first-order chi connectivity index (χ1) is 26.1. The van der Waals surface area contributed by atoms with E-state index in [1.165, 1.54) is 0 Å². The Bertz CT molecular complexity index is 1460. The van der Waals surface area contributed by atoms with Gasteiger partial charge in [0.15, 0.2) is 12.6 Å². The average Bonchev–Trinajstić information content (AvgIpc) is 3.64. The Labute approximate surface area is 330 Å². The molecule has 2 spiro atoms. The fraction of sp³-hybridized carbons (Fsp3) is 1.00. The van der Waals surface area contributed by atoms with Gasteiger partial charge in [-0.3, -0.25) is 0 Å². The maximum atomic E-state index is 12.0. The van der Waals surface area contributed by atoms with Crippen LogP contribution in [0.15, 0.2) is 0 Å². The standard InChI is InChI=1S/C42H70O14/c1-19(21-14-26(46)38(4,5)56-21)28-20(45)15-40(7)25-9-8-24-37(2,3)27(10-11-41(24)18-42(25,41)13-12-39(28,40)6)54-36-33(51)34(30(48)23(17-44)53-36)55-35-32(50)31(49)29(47)22(16-43)52-35/h19-36,43-51H,8-18H2,1-7H3/t19-,20+,21-,22-,23-,24?,25?,26+,27+,28+,29-,30-,31+,32-,33-,34+,35-,36+,39-,40+,41-,42+/m1/s1. The molecule has 0 amide bonds. The average molecular weight is 799 g/mol. The molecule has 5 aliphatic carbocycles. The van der Waals surface area contributed by atoms with Crippen molar-refractivity contribution < 1.29 is 69.6 Å². The molecule has 14 nitrogen and oxygen atoms in total. The second kappa shape index (κ2) is 14.0. The summed E-state index contributed by atoms with van der Waals surface area (Å²) in [6.45, 7) is 14.3. The number of rotatable bonds is 8. The lowest BCUT2D eigenvalue weighted by atomic mass is 9.41. The second-order valence-electron chi connectivity index (χ2n) is 21.2. The van der Waals surface area contributed by atoms with Gasteiger partial charge in [0, 0.05) is 6.42 Å². The van der Waals surface area contributed by atoms with E-state index in [4.69, 9.17) is 23.7 Å². The Kier molecular flexibility index (Phi) is 10.5. The highest BCUT2D eigenvalue weighted by molar-refractivity contribution is 5.31. The van der Waals surface area contributed by atoms with Gasteiger partial charge in [-0.2, -0.15) is 0 Å². The van der Waals surface area contributed by atoms with Crippen LogP contribution in [0, 0.1) is 50.7 Å². The molecule has 9 N–H and O–H groups in total. The highest BCUT2D eigenvalue weighted by Gasteiger charge is 2.83. The SMILES string of the molecule is C[C@@H]([C@H]1[C@@H](O)C[C@@]2(C)C3CCC4C(C)(C)[C@@H](O[C@@H]5O[C@H](CO)[C@@H](O)[C@H](O[C@H]6O[C@H](CO)[C@@H](O)[C@H](O)[C@H]6O)[C@H]5O)CC[C@@]45C[C@@]35CC[C@]12C)[C@H]1C[C@H](O)C(C)(C)O1. The van der Waals surface area contributed by atoms with Crippen molar-refractivity contribution in [3.05, 3.63) is 0 Å². The summed E-state index contributed by atoms with van der Waals surface area (Å²) in [7, 11) is 0. The Hall–Kier alpha value is -0.560. The molecule has 5 saturated carbocycles. The van der Waals surface area contributed by atoms with E-state index >= 15 is 0 Å². The van der Waals surface area contributed by atoms with Gasteiger partial charge in [0.2, 0.25) is 0 Å². The Morgan fingerprint density at radius 3 is 1.89 bits per heavy atom. The number of hydrogen-bond acceptors (Lipinski definition) is 14. The summed E-state index contributed by atoms with van der Waals surface area (Å²) in [5.41, 5.74) is -0.696. The van der Waals surface area contributed by atoms with E-state index in [0.717, 1.165) is 51.4 Å². The minimum absolute atomic E-state index is 0.0432. The van der Waals surface area contributed by atoms with Crippen LogP contribution in [-0.4, -0.2) is 151 Å². The van der Waals surface area contributed by atoms with Crippen molar-refractivity contribution >= 4 is 0 Å². The molecule has 0 radical (unpaired) electrons. The van der Waals surface area contributed by atoms with Gasteiger partial charge in [0.05, 0.1) is 43.2 Å². The minimum atomic E-state index is -1.75. The van der Waals surface area contributed by atoms with Crippen LogP contribution >= 0.6 is 0 Å². The summed E-state index contributed by atoms with van der Waals surface area (Å²) in [4.78, 5) is 0. The third kappa shape index (κ3) is 5.78. The van der Waals surface area contributed by atoms with E-state index in [-0.39, 0.29) is 51.1 Å². The lowest BCUT2D eigenvalue weighted by Gasteiger charge is -2.63. The van der Waals surface area contributed by atoms with Gasteiger partial charge in [-0.25, -0.2) is 0 Å². The number of hydrogen-bond donors (Lipinski definition) is 9. The van der Waals surface area contributed by atoms with Crippen LogP contribution in [0.3, 0.4) is 0 Å². The van der Waals surface area contributed by atoms with Crippen molar-refractivity contribution in [2.75, 3.05) is 13.2 Å². The predicted octanol–water partition coefficient (Wildman–Crippen LogP) is 0.970. The molecule has 0 aromatic carbocycles. The van der Waals surface area contributed by atoms with E-state index < -0.39 is 92.4 Å². The summed E-state index contributed by atoms with van der Waals surface area (Å²) in [6, 6.07) is 0. The van der Waals surface area contributed by atoms with Crippen LogP contribution in [0.4, 0.5) is 0 Å². The van der Waals surface area contributed by atoms with E-state index in [9.17, 15) is 46.0 Å². The quantitative estimate of drug-likeness (QED) is 0.156. The third-order valence-corrected chi connectivity index (χ3v) is 18.2. The first-order valence-corrected chi connectivity index (χ1v) is 21.4. The molecule has 0 aromatic heterocycles. The van der Waals surface area contributed by atoms with Crippen molar-refractivity contribution in [1.82, 2.24) is 0 Å². The van der Waals surface area contributed by atoms with E-state index in [1.54, 1.807) is 0 Å². The largest absolute Gasteiger partial charge is 0.394 e. The smallest absolute Gasteiger partial charge is 0.187 e. The molecule has 3 saturated heterocycles. The van der Waals surface area contributed by atoms with Crippen LogP contribution in [-0.2, 0) is 23.7 Å². The van der Waals surface area contributed by atoms with Crippen molar-refractivity contribution in [2.45, 2.75) is 198 Å². The van der Waals surface area contributed by atoms with E-state index in [2.05, 4.69) is 34.6 Å². The summed E-state index contributed by atoms with van der Waals surface area (Å²) in [5.74, 6) is 1.02. The minimum Gasteiger partial charge on any atom is -0.394 e. The molecule has 0 aromatic rings. The van der Waals surface area contributed by atoms with Gasteiger partial charge in [-0.1, -0.05) is 34.6 Å². The van der Waals surface area contributed by atoms with Gasteiger partial charge in [0.1, 0.15) is 48.8 Å². The third-order valence-electron chi connectivity index (χ3n) is 18.2. The molecule has 8 fully saturated rings. The lowest BCUT2D eigenvalue weighted by Crippen LogP contribution is -2.65. The van der Waals surface area contributed by atoms with Gasteiger partial charge in [-0.05, 0) is 116 Å². The molecule has 322 valence electrons. The fourth-order valence-electron chi connectivity index (χ4n) is 15.0. The van der Waals surface area contributed by atoms with Gasteiger partial charge < -0.3 is 69.6 Å². The number of aliphatic hydroxyl groups excluding tert-OH is 9. The Morgan fingerprint density at radius 2 is 1.27 bits per heavy atom. The lowest BCUT2D eigenvalue weighted by molar-refractivity contribution is -0.368. The summed E-state index contributed by atoms with van der Waals surface area (Å²) < 4.78 is 30.5. The number of ether oxygens (including phenoxy) is 5. The molecule has 0 bridgehead atoms. The fourth-order valence-corrected chi connectivity index (χ4v) is 15.0. The number of fused-ring (bicyclic) bond motifs is 2. The topological polar surface area (TPSA) is 228 Å².